The number of benzene rings is 2. The SMILES string of the molecule is COc1ccc(/C=C/CO)c2ccccc12. The molecule has 0 fully saturated rings. The lowest BCUT2D eigenvalue weighted by molar-refractivity contribution is 0.343. The highest BCUT2D eigenvalue weighted by Gasteiger charge is 2.03. The van der Waals surface area contributed by atoms with Crippen LogP contribution in [0.15, 0.2) is 42.5 Å². The largest absolute Gasteiger partial charge is 0.496 e. The first-order chi connectivity index (χ1) is 7.86. The van der Waals surface area contributed by atoms with Gasteiger partial charge < -0.3 is 9.84 Å². The van der Waals surface area contributed by atoms with E-state index in [4.69, 9.17) is 9.84 Å². The molecule has 0 aliphatic rings. The van der Waals surface area contributed by atoms with Crippen molar-refractivity contribution >= 4 is 16.8 Å². The van der Waals surface area contributed by atoms with Crippen molar-refractivity contribution in [2.45, 2.75) is 0 Å². The van der Waals surface area contributed by atoms with Gasteiger partial charge in [-0.1, -0.05) is 42.5 Å². The third kappa shape index (κ3) is 1.92. The molecule has 2 rings (SSSR count). The van der Waals surface area contributed by atoms with E-state index in [1.807, 2.05) is 36.4 Å². The van der Waals surface area contributed by atoms with E-state index in [2.05, 4.69) is 6.07 Å². The number of ether oxygens (including phenoxy) is 1. The van der Waals surface area contributed by atoms with E-state index in [-0.39, 0.29) is 6.61 Å². The van der Waals surface area contributed by atoms with Crippen LogP contribution in [-0.2, 0) is 0 Å². The molecule has 2 aromatic carbocycles. The zero-order valence-electron chi connectivity index (χ0n) is 9.18. The molecule has 2 nitrogen and oxygen atoms in total. The highest BCUT2D eigenvalue weighted by Crippen LogP contribution is 2.28. The van der Waals surface area contributed by atoms with Gasteiger partial charge in [0.1, 0.15) is 5.75 Å². The molecule has 0 aliphatic heterocycles. The average molecular weight is 214 g/mol. The first kappa shape index (κ1) is 10.7. The molecule has 0 aromatic heterocycles. The molecular formula is C14H14O2. The number of rotatable bonds is 3. The molecule has 0 saturated carbocycles. The third-order valence-electron chi connectivity index (χ3n) is 2.54. The van der Waals surface area contributed by atoms with Crippen molar-refractivity contribution < 1.29 is 9.84 Å². The van der Waals surface area contributed by atoms with Gasteiger partial charge in [-0.3, -0.25) is 0 Å². The minimum absolute atomic E-state index is 0.0559. The molecule has 0 spiro atoms. The predicted octanol–water partition coefficient (Wildman–Crippen LogP) is 2.85. The highest BCUT2D eigenvalue weighted by atomic mass is 16.5. The molecule has 0 radical (unpaired) electrons. The first-order valence-corrected chi connectivity index (χ1v) is 5.20. The van der Waals surface area contributed by atoms with E-state index in [0.717, 1.165) is 22.1 Å². The Kier molecular flexibility index (Phi) is 3.22. The molecule has 2 heteroatoms. The lowest BCUT2D eigenvalue weighted by atomic mass is 10.0. The molecule has 16 heavy (non-hydrogen) atoms. The quantitative estimate of drug-likeness (QED) is 0.851. The maximum Gasteiger partial charge on any atom is 0.126 e. The summed E-state index contributed by atoms with van der Waals surface area (Å²) in [4.78, 5) is 0. The Labute approximate surface area is 94.8 Å². The summed E-state index contributed by atoms with van der Waals surface area (Å²) in [5.74, 6) is 0.872. The molecular weight excluding hydrogens is 200 g/mol. The molecule has 0 saturated heterocycles. The number of aliphatic hydroxyl groups is 1. The van der Waals surface area contributed by atoms with Gasteiger partial charge in [-0.15, -0.1) is 0 Å². The molecule has 1 N–H and O–H groups in total. The minimum atomic E-state index is 0.0559. The van der Waals surface area contributed by atoms with Crippen molar-refractivity contribution in [1.29, 1.82) is 0 Å². The number of aliphatic hydroxyl groups excluding tert-OH is 1. The molecule has 0 unspecified atom stereocenters. The van der Waals surface area contributed by atoms with E-state index in [9.17, 15) is 0 Å². The Morgan fingerprint density at radius 1 is 1.12 bits per heavy atom. The van der Waals surface area contributed by atoms with Gasteiger partial charge >= 0.3 is 0 Å². The fourth-order valence-corrected chi connectivity index (χ4v) is 1.80. The van der Waals surface area contributed by atoms with Gasteiger partial charge in [0, 0.05) is 5.39 Å². The number of hydrogen-bond donors (Lipinski definition) is 1. The van der Waals surface area contributed by atoms with Crippen LogP contribution in [0.5, 0.6) is 5.75 Å². The Morgan fingerprint density at radius 3 is 2.56 bits per heavy atom. The van der Waals surface area contributed by atoms with Crippen LogP contribution in [0, 0.1) is 0 Å². The van der Waals surface area contributed by atoms with Gasteiger partial charge in [-0.2, -0.15) is 0 Å². The summed E-state index contributed by atoms with van der Waals surface area (Å²) in [5.41, 5.74) is 1.09. The van der Waals surface area contributed by atoms with Crippen LogP contribution in [0.2, 0.25) is 0 Å². The molecule has 0 atom stereocenters. The maximum atomic E-state index is 8.79. The summed E-state index contributed by atoms with van der Waals surface area (Å²) < 4.78 is 5.31. The monoisotopic (exact) mass is 214 g/mol. The number of methoxy groups -OCH3 is 1. The van der Waals surface area contributed by atoms with Crippen molar-refractivity contribution in [3.8, 4) is 5.75 Å². The summed E-state index contributed by atoms with van der Waals surface area (Å²) in [6.45, 7) is 0.0559. The van der Waals surface area contributed by atoms with E-state index >= 15 is 0 Å². The van der Waals surface area contributed by atoms with Crippen LogP contribution in [0.4, 0.5) is 0 Å². The number of hydrogen-bond acceptors (Lipinski definition) is 2. The Bertz CT molecular complexity index is 515. The van der Waals surface area contributed by atoms with Crippen molar-refractivity contribution in [1.82, 2.24) is 0 Å². The topological polar surface area (TPSA) is 29.5 Å². The van der Waals surface area contributed by atoms with Gasteiger partial charge in [-0.25, -0.2) is 0 Å². The van der Waals surface area contributed by atoms with E-state index in [1.54, 1.807) is 13.2 Å². The van der Waals surface area contributed by atoms with Crippen molar-refractivity contribution in [3.05, 3.63) is 48.0 Å². The minimum Gasteiger partial charge on any atom is -0.496 e. The summed E-state index contributed by atoms with van der Waals surface area (Å²) in [6, 6.07) is 12.0. The van der Waals surface area contributed by atoms with E-state index in [1.165, 1.54) is 0 Å². The van der Waals surface area contributed by atoms with Crippen molar-refractivity contribution in [2.24, 2.45) is 0 Å². The van der Waals surface area contributed by atoms with Crippen LogP contribution >= 0.6 is 0 Å². The normalized spacial score (nSPS) is 11.1. The standard InChI is InChI=1S/C14H14O2/c1-16-14-9-8-11(5-4-10-15)12-6-2-3-7-13(12)14/h2-9,15H,10H2,1H3/b5-4+. The summed E-state index contributed by atoms with van der Waals surface area (Å²) in [6.07, 6.45) is 3.65. The predicted molar refractivity (Wildman–Crippen MR) is 66.6 cm³/mol. The molecule has 0 aliphatic carbocycles. The van der Waals surface area contributed by atoms with Crippen LogP contribution in [-0.4, -0.2) is 18.8 Å². The third-order valence-corrected chi connectivity index (χ3v) is 2.54. The van der Waals surface area contributed by atoms with Crippen LogP contribution in [0.3, 0.4) is 0 Å². The Morgan fingerprint density at radius 2 is 1.88 bits per heavy atom. The highest BCUT2D eigenvalue weighted by molar-refractivity contribution is 5.94. The second-order valence-electron chi connectivity index (χ2n) is 3.49. The molecule has 2 aromatic rings. The van der Waals surface area contributed by atoms with Gasteiger partial charge in [-0.05, 0) is 17.0 Å². The Balaban J connectivity index is 2.64. The maximum absolute atomic E-state index is 8.79. The second-order valence-corrected chi connectivity index (χ2v) is 3.49. The van der Waals surface area contributed by atoms with Crippen molar-refractivity contribution in [2.75, 3.05) is 13.7 Å². The zero-order valence-corrected chi connectivity index (χ0v) is 9.18. The van der Waals surface area contributed by atoms with Crippen molar-refractivity contribution in [3.63, 3.8) is 0 Å². The fraction of sp³-hybridized carbons (Fsp3) is 0.143. The average Bonchev–Trinajstić information content (AvgIpc) is 2.36. The van der Waals surface area contributed by atoms with Gasteiger partial charge in [0.15, 0.2) is 0 Å². The van der Waals surface area contributed by atoms with Gasteiger partial charge in [0.2, 0.25) is 0 Å². The van der Waals surface area contributed by atoms with Crippen LogP contribution in [0.1, 0.15) is 5.56 Å². The van der Waals surface area contributed by atoms with Gasteiger partial charge in [0.05, 0.1) is 13.7 Å². The summed E-state index contributed by atoms with van der Waals surface area (Å²) >= 11 is 0. The molecule has 0 bridgehead atoms. The van der Waals surface area contributed by atoms with Crippen LogP contribution < -0.4 is 4.74 Å². The Hall–Kier alpha value is -1.80. The zero-order chi connectivity index (χ0) is 11.4. The fourth-order valence-electron chi connectivity index (χ4n) is 1.80. The lowest BCUT2D eigenvalue weighted by Crippen LogP contribution is -1.86. The first-order valence-electron chi connectivity index (χ1n) is 5.20. The molecule has 82 valence electrons. The molecule has 0 heterocycles. The lowest BCUT2D eigenvalue weighted by Gasteiger charge is -2.07. The summed E-state index contributed by atoms with van der Waals surface area (Å²) in [7, 11) is 1.67. The number of fused-ring (bicyclic) bond motifs is 1. The molecule has 0 amide bonds. The van der Waals surface area contributed by atoms with Crippen LogP contribution in [0.25, 0.3) is 16.8 Å². The van der Waals surface area contributed by atoms with Gasteiger partial charge in [0.25, 0.3) is 0 Å². The summed E-state index contributed by atoms with van der Waals surface area (Å²) in [5, 5.41) is 11.0. The van der Waals surface area contributed by atoms with E-state index < -0.39 is 0 Å². The smallest absolute Gasteiger partial charge is 0.126 e. The van der Waals surface area contributed by atoms with E-state index in [0.29, 0.717) is 0 Å². The second kappa shape index (κ2) is 4.81.